The smallest absolute Gasteiger partial charge is 0.0793 e. The summed E-state index contributed by atoms with van der Waals surface area (Å²) in [6.45, 7) is 9.84. The van der Waals surface area contributed by atoms with Gasteiger partial charge in [0.2, 0.25) is 0 Å². The highest BCUT2D eigenvalue weighted by atomic mass is 16.5. The highest BCUT2D eigenvalue weighted by Gasteiger charge is 2.23. The Bertz CT molecular complexity index is 511. The first kappa shape index (κ1) is 18.8. The zero-order valence-corrected chi connectivity index (χ0v) is 15.4. The molecule has 1 N–H and O–H groups in total. The zero-order chi connectivity index (χ0) is 17.5. The van der Waals surface area contributed by atoms with Crippen LogP contribution >= 0.6 is 0 Å². The maximum absolute atomic E-state index is 10.3. The highest BCUT2D eigenvalue weighted by Crippen LogP contribution is 2.17. The van der Waals surface area contributed by atoms with Gasteiger partial charge in [0.15, 0.2) is 0 Å². The third kappa shape index (κ3) is 6.04. The van der Waals surface area contributed by atoms with Crippen molar-refractivity contribution in [3.05, 3.63) is 35.4 Å². The second-order valence-corrected chi connectivity index (χ2v) is 7.30. The van der Waals surface area contributed by atoms with Gasteiger partial charge in [-0.05, 0) is 30.9 Å². The van der Waals surface area contributed by atoms with Gasteiger partial charge in [0.25, 0.3) is 0 Å². The van der Waals surface area contributed by atoms with Crippen molar-refractivity contribution in [2.75, 3.05) is 52.5 Å². The lowest BCUT2D eigenvalue weighted by atomic mass is 10.1. The number of β-amino-alcohol motifs (C(OH)–C–C–N with tert-alkyl or cyclic N) is 1. The van der Waals surface area contributed by atoms with Crippen LogP contribution < -0.4 is 0 Å². The number of hydrogen-bond acceptors (Lipinski definition) is 5. The zero-order valence-electron chi connectivity index (χ0n) is 15.4. The Kier molecular flexibility index (Phi) is 7.25. The quantitative estimate of drug-likeness (QED) is 0.812. The summed E-state index contributed by atoms with van der Waals surface area (Å²) in [5.74, 6) is 0. The molecule has 2 saturated heterocycles. The van der Waals surface area contributed by atoms with Crippen LogP contribution in [-0.4, -0.2) is 79.6 Å². The molecule has 1 aromatic rings. The molecule has 2 aliphatic heterocycles. The summed E-state index contributed by atoms with van der Waals surface area (Å²) < 4.78 is 11.5. The standard InChI is InChI=1S/C20H32N2O3/c1-17-4-2-3-5-18(17)16-25-20-6-8-21(9-7-20)14-19(23)15-22-10-12-24-13-11-22/h2-5,19-20,23H,6-16H2,1H3. The molecule has 0 saturated carbocycles. The van der Waals surface area contributed by atoms with Crippen LogP contribution in [0.3, 0.4) is 0 Å². The minimum Gasteiger partial charge on any atom is -0.390 e. The van der Waals surface area contributed by atoms with Crippen molar-refractivity contribution >= 4 is 0 Å². The number of hydrogen-bond donors (Lipinski definition) is 1. The van der Waals surface area contributed by atoms with E-state index in [1.165, 1.54) is 11.1 Å². The van der Waals surface area contributed by atoms with E-state index in [2.05, 4.69) is 41.0 Å². The van der Waals surface area contributed by atoms with Crippen LogP contribution in [-0.2, 0) is 16.1 Å². The number of morpholine rings is 1. The molecule has 0 radical (unpaired) electrons. The average Bonchev–Trinajstić information content (AvgIpc) is 2.63. The van der Waals surface area contributed by atoms with Gasteiger partial charge in [-0.2, -0.15) is 0 Å². The number of benzene rings is 1. The maximum atomic E-state index is 10.3. The number of aliphatic hydroxyl groups excluding tert-OH is 1. The van der Waals surface area contributed by atoms with Crippen molar-refractivity contribution in [2.45, 2.75) is 38.6 Å². The van der Waals surface area contributed by atoms with E-state index in [1.54, 1.807) is 0 Å². The lowest BCUT2D eigenvalue weighted by molar-refractivity contribution is -0.0204. The molecule has 1 aromatic carbocycles. The Morgan fingerprint density at radius 2 is 1.72 bits per heavy atom. The summed E-state index contributed by atoms with van der Waals surface area (Å²) in [5, 5.41) is 10.3. The Morgan fingerprint density at radius 3 is 2.40 bits per heavy atom. The largest absolute Gasteiger partial charge is 0.390 e. The first-order chi connectivity index (χ1) is 12.2. The van der Waals surface area contributed by atoms with Gasteiger partial charge in [-0.3, -0.25) is 4.90 Å². The Balaban J connectivity index is 1.33. The van der Waals surface area contributed by atoms with E-state index in [-0.39, 0.29) is 6.10 Å². The van der Waals surface area contributed by atoms with Gasteiger partial charge in [0.1, 0.15) is 0 Å². The number of nitrogens with zero attached hydrogens (tertiary/aromatic N) is 2. The van der Waals surface area contributed by atoms with Crippen LogP contribution in [0.15, 0.2) is 24.3 Å². The van der Waals surface area contributed by atoms with E-state index < -0.39 is 0 Å². The molecule has 1 unspecified atom stereocenters. The van der Waals surface area contributed by atoms with E-state index in [4.69, 9.17) is 9.47 Å². The Labute approximate surface area is 151 Å². The second-order valence-electron chi connectivity index (χ2n) is 7.30. The number of aliphatic hydroxyl groups is 1. The second kappa shape index (κ2) is 9.64. The number of likely N-dealkylation sites (tertiary alicyclic amines) is 1. The summed E-state index contributed by atoms with van der Waals surface area (Å²) >= 11 is 0. The summed E-state index contributed by atoms with van der Waals surface area (Å²) in [4.78, 5) is 4.67. The van der Waals surface area contributed by atoms with Gasteiger partial charge in [-0.15, -0.1) is 0 Å². The van der Waals surface area contributed by atoms with Crippen molar-refractivity contribution in [1.29, 1.82) is 0 Å². The summed E-state index contributed by atoms with van der Waals surface area (Å²) in [7, 11) is 0. The molecule has 140 valence electrons. The lowest BCUT2D eigenvalue weighted by Crippen LogP contribution is -2.46. The van der Waals surface area contributed by atoms with Gasteiger partial charge in [0.05, 0.1) is 32.0 Å². The molecule has 3 rings (SSSR count). The van der Waals surface area contributed by atoms with Crippen LogP contribution in [0.4, 0.5) is 0 Å². The molecule has 5 nitrogen and oxygen atoms in total. The molecular weight excluding hydrogens is 316 g/mol. The van der Waals surface area contributed by atoms with E-state index >= 15 is 0 Å². The van der Waals surface area contributed by atoms with Gasteiger partial charge in [0, 0.05) is 39.3 Å². The van der Waals surface area contributed by atoms with Gasteiger partial charge in [-0.25, -0.2) is 0 Å². The molecular formula is C20H32N2O3. The molecule has 2 aliphatic rings. The first-order valence-electron chi connectivity index (χ1n) is 9.57. The molecule has 0 spiro atoms. The van der Waals surface area contributed by atoms with Crippen molar-refractivity contribution in [3.8, 4) is 0 Å². The molecule has 0 aromatic heterocycles. The SMILES string of the molecule is Cc1ccccc1COC1CCN(CC(O)CN2CCOCC2)CC1. The number of aryl methyl sites for hydroxylation is 1. The summed E-state index contributed by atoms with van der Waals surface area (Å²) in [5.41, 5.74) is 2.58. The monoisotopic (exact) mass is 348 g/mol. The van der Waals surface area contributed by atoms with E-state index in [0.717, 1.165) is 65.3 Å². The van der Waals surface area contributed by atoms with Crippen molar-refractivity contribution in [3.63, 3.8) is 0 Å². The topological polar surface area (TPSA) is 45.2 Å². The van der Waals surface area contributed by atoms with Crippen molar-refractivity contribution < 1.29 is 14.6 Å². The first-order valence-corrected chi connectivity index (χ1v) is 9.57. The average molecular weight is 348 g/mol. The fourth-order valence-corrected chi connectivity index (χ4v) is 3.68. The fourth-order valence-electron chi connectivity index (χ4n) is 3.68. The van der Waals surface area contributed by atoms with Crippen LogP contribution in [0.25, 0.3) is 0 Å². The third-order valence-electron chi connectivity index (χ3n) is 5.31. The molecule has 0 bridgehead atoms. The van der Waals surface area contributed by atoms with Crippen molar-refractivity contribution in [2.24, 2.45) is 0 Å². The number of piperidine rings is 1. The maximum Gasteiger partial charge on any atom is 0.0793 e. The lowest BCUT2D eigenvalue weighted by Gasteiger charge is -2.35. The third-order valence-corrected chi connectivity index (χ3v) is 5.31. The van der Waals surface area contributed by atoms with Crippen molar-refractivity contribution in [1.82, 2.24) is 9.80 Å². The number of rotatable bonds is 7. The van der Waals surface area contributed by atoms with Crippen LogP contribution in [0.1, 0.15) is 24.0 Å². The summed E-state index contributed by atoms with van der Waals surface area (Å²) in [6.07, 6.45) is 2.17. The molecule has 2 heterocycles. The van der Waals surface area contributed by atoms with Gasteiger partial charge < -0.3 is 19.5 Å². The predicted molar refractivity (Wildman–Crippen MR) is 98.7 cm³/mol. The van der Waals surface area contributed by atoms with Crippen LogP contribution in [0.2, 0.25) is 0 Å². The van der Waals surface area contributed by atoms with E-state index in [1.807, 2.05) is 0 Å². The number of ether oxygens (including phenoxy) is 2. The predicted octanol–water partition coefficient (Wildman–Crippen LogP) is 1.67. The summed E-state index contributed by atoms with van der Waals surface area (Å²) in [6, 6.07) is 8.42. The Morgan fingerprint density at radius 1 is 1.08 bits per heavy atom. The molecule has 1 atom stereocenters. The van der Waals surface area contributed by atoms with E-state index in [9.17, 15) is 5.11 Å². The Hall–Kier alpha value is -0.980. The fraction of sp³-hybridized carbons (Fsp3) is 0.700. The molecule has 5 heteroatoms. The molecule has 0 amide bonds. The van der Waals surface area contributed by atoms with Crippen LogP contribution in [0, 0.1) is 6.92 Å². The normalized spacial score (nSPS) is 22.2. The highest BCUT2D eigenvalue weighted by molar-refractivity contribution is 5.24. The van der Waals surface area contributed by atoms with E-state index in [0.29, 0.717) is 12.7 Å². The van der Waals surface area contributed by atoms with Gasteiger partial charge >= 0.3 is 0 Å². The minimum absolute atomic E-state index is 0.275. The minimum atomic E-state index is -0.275. The molecule has 0 aliphatic carbocycles. The molecule has 25 heavy (non-hydrogen) atoms. The van der Waals surface area contributed by atoms with Gasteiger partial charge in [-0.1, -0.05) is 24.3 Å². The molecule has 2 fully saturated rings. The van der Waals surface area contributed by atoms with Crippen LogP contribution in [0.5, 0.6) is 0 Å².